The Hall–Kier alpha value is -1.61. The van der Waals surface area contributed by atoms with Crippen molar-refractivity contribution in [2.24, 2.45) is 0 Å². The molecule has 0 aliphatic heterocycles. The molecule has 0 saturated heterocycles. The number of hydrogen-bond acceptors (Lipinski definition) is 3. The third kappa shape index (κ3) is 1.66. The molecule has 0 saturated carbocycles. The van der Waals surface area contributed by atoms with Crippen molar-refractivity contribution in [1.82, 2.24) is 0 Å². The molecule has 1 heterocycles. The Labute approximate surface area is 87.3 Å². The minimum atomic E-state index is -1.55. The van der Waals surface area contributed by atoms with Crippen LogP contribution in [0.4, 0.5) is 0 Å². The summed E-state index contributed by atoms with van der Waals surface area (Å²) in [6.07, 6.45) is 0.470. The van der Waals surface area contributed by atoms with Gasteiger partial charge in [-0.25, -0.2) is 0 Å². The van der Waals surface area contributed by atoms with E-state index in [1.807, 2.05) is 25.1 Å². The number of aldehydes is 1. The summed E-state index contributed by atoms with van der Waals surface area (Å²) >= 11 is 0. The topological polar surface area (TPSA) is 50.4 Å². The second-order valence-electron chi connectivity index (χ2n) is 3.92. The summed E-state index contributed by atoms with van der Waals surface area (Å²) in [5.41, 5.74) is 0.241. The first-order chi connectivity index (χ1) is 7.03. The number of hydrogen-bond donors (Lipinski definition) is 1. The monoisotopic (exact) mass is 204 g/mol. The highest BCUT2D eigenvalue weighted by molar-refractivity contribution is 5.80. The molecule has 2 aromatic rings. The Bertz CT molecular complexity index is 509. The van der Waals surface area contributed by atoms with Crippen LogP contribution in [-0.2, 0) is 10.4 Å². The lowest BCUT2D eigenvalue weighted by molar-refractivity contribution is -0.124. The lowest BCUT2D eigenvalue weighted by atomic mass is 10.1. The standard InChI is InChI=1S/C12H12O3/c1-8-3-4-10-9(5-8)6-11(15-10)12(2,14)7-13/h3-7,14H,1-2H3. The van der Waals surface area contributed by atoms with Gasteiger partial charge in [-0.1, -0.05) is 11.6 Å². The molecule has 15 heavy (non-hydrogen) atoms. The molecule has 1 aromatic heterocycles. The third-order valence-electron chi connectivity index (χ3n) is 2.40. The molecule has 1 aromatic carbocycles. The summed E-state index contributed by atoms with van der Waals surface area (Å²) < 4.78 is 5.40. The van der Waals surface area contributed by atoms with Gasteiger partial charge in [0.15, 0.2) is 11.9 Å². The molecule has 1 N–H and O–H groups in total. The summed E-state index contributed by atoms with van der Waals surface area (Å²) in [6, 6.07) is 7.39. The summed E-state index contributed by atoms with van der Waals surface area (Å²) in [5, 5.41) is 10.6. The van der Waals surface area contributed by atoms with Gasteiger partial charge in [-0.3, -0.25) is 4.79 Å². The summed E-state index contributed by atoms with van der Waals surface area (Å²) in [4.78, 5) is 10.7. The van der Waals surface area contributed by atoms with Crippen molar-refractivity contribution >= 4 is 17.3 Å². The minimum absolute atomic E-state index is 0.276. The van der Waals surface area contributed by atoms with Crippen molar-refractivity contribution in [2.75, 3.05) is 0 Å². The van der Waals surface area contributed by atoms with E-state index >= 15 is 0 Å². The molecule has 0 bridgehead atoms. The molecule has 0 spiro atoms. The highest BCUT2D eigenvalue weighted by Gasteiger charge is 2.26. The van der Waals surface area contributed by atoms with Crippen molar-refractivity contribution in [3.8, 4) is 0 Å². The van der Waals surface area contributed by atoms with E-state index in [0.29, 0.717) is 11.9 Å². The van der Waals surface area contributed by atoms with Crippen molar-refractivity contribution in [3.63, 3.8) is 0 Å². The SMILES string of the molecule is Cc1ccc2oc(C(C)(O)C=O)cc2c1. The van der Waals surface area contributed by atoms with Crippen molar-refractivity contribution in [1.29, 1.82) is 0 Å². The molecule has 0 amide bonds. The Morgan fingerprint density at radius 2 is 2.13 bits per heavy atom. The fourth-order valence-corrected chi connectivity index (χ4v) is 1.47. The van der Waals surface area contributed by atoms with E-state index in [1.165, 1.54) is 6.92 Å². The van der Waals surface area contributed by atoms with Crippen LogP contribution in [-0.4, -0.2) is 11.4 Å². The number of aryl methyl sites for hydroxylation is 1. The lowest BCUT2D eigenvalue weighted by Gasteiger charge is -2.10. The molecule has 3 heteroatoms. The third-order valence-corrected chi connectivity index (χ3v) is 2.40. The number of furan rings is 1. The smallest absolute Gasteiger partial charge is 0.174 e. The van der Waals surface area contributed by atoms with Crippen LogP contribution in [0.3, 0.4) is 0 Å². The normalized spacial score (nSPS) is 15.1. The van der Waals surface area contributed by atoms with Crippen molar-refractivity contribution in [2.45, 2.75) is 19.4 Å². The van der Waals surface area contributed by atoms with E-state index in [9.17, 15) is 9.90 Å². The Balaban J connectivity index is 2.61. The largest absolute Gasteiger partial charge is 0.458 e. The van der Waals surface area contributed by atoms with Crippen LogP contribution in [0.1, 0.15) is 18.2 Å². The Morgan fingerprint density at radius 3 is 2.80 bits per heavy atom. The van der Waals surface area contributed by atoms with E-state index < -0.39 is 5.60 Å². The zero-order valence-corrected chi connectivity index (χ0v) is 8.65. The predicted molar refractivity (Wildman–Crippen MR) is 56.6 cm³/mol. The van der Waals surface area contributed by atoms with Crippen LogP contribution in [0, 0.1) is 6.92 Å². The van der Waals surface area contributed by atoms with E-state index in [1.54, 1.807) is 6.07 Å². The van der Waals surface area contributed by atoms with E-state index in [0.717, 1.165) is 10.9 Å². The maximum Gasteiger partial charge on any atom is 0.174 e. The van der Waals surface area contributed by atoms with Gasteiger partial charge in [-0.2, -0.15) is 0 Å². The summed E-state index contributed by atoms with van der Waals surface area (Å²) in [5.74, 6) is 0.276. The van der Waals surface area contributed by atoms with E-state index in [2.05, 4.69) is 0 Å². The van der Waals surface area contributed by atoms with Gasteiger partial charge in [0.2, 0.25) is 0 Å². The van der Waals surface area contributed by atoms with Gasteiger partial charge in [0.25, 0.3) is 0 Å². The molecule has 78 valence electrons. The van der Waals surface area contributed by atoms with Crippen LogP contribution >= 0.6 is 0 Å². The lowest BCUT2D eigenvalue weighted by Crippen LogP contribution is -2.21. The number of rotatable bonds is 2. The van der Waals surface area contributed by atoms with E-state index in [4.69, 9.17) is 4.42 Å². The maximum absolute atomic E-state index is 10.7. The van der Waals surface area contributed by atoms with Gasteiger partial charge < -0.3 is 9.52 Å². The first-order valence-electron chi connectivity index (χ1n) is 4.72. The summed E-state index contributed by atoms with van der Waals surface area (Å²) in [6.45, 7) is 3.38. The average Bonchev–Trinajstić information content (AvgIpc) is 2.61. The van der Waals surface area contributed by atoms with Crippen molar-refractivity contribution in [3.05, 3.63) is 35.6 Å². The fraction of sp³-hybridized carbons (Fsp3) is 0.250. The molecule has 1 atom stereocenters. The maximum atomic E-state index is 10.7. The molecule has 1 unspecified atom stereocenters. The average molecular weight is 204 g/mol. The van der Waals surface area contributed by atoms with Gasteiger partial charge in [-0.15, -0.1) is 0 Å². The second kappa shape index (κ2) is 3.21. The van der Waals surface area contributed by atoms with Gasteiger partial charge in [0.1, 0.15) is 11.3 Å². The highest BCUT2D eigenvalue weighted by Crippen LogP contribution is 2.27. The second-order valence-corrected chi connectivity index (χ2v) is 3.92. The molecule has 0 aliphatic carbocycles. The number of aliphatic hydroxyl groups is 1. The van der Waals surface area contributed by atoms with Crippen molar-refractivity contribution < 1.29 is 14.3 Å². The molecule has 2 rings (SSSR count). The molecule has 0 radical (unpaired) electrons. The molecule has 3 nitrogen and oxygen atoms in total. The van der Waals surface area contributed by atoms with Crippen LogP contribution in [0.25, 0.3) is 11.0 Å². The highest BCUT2D eigenvalue weighted by atomic mass is 16.4. The number of benzene rings is 1. The number of fused-ring (bicyclic) bond motifs is 1. The predicted octanol–water partition coefficient (Wildman–Crippen LogP) is 2.15. The molecular formula is C12H12O3. The van der Waals surface area contributed by atoms with Gasteiger partial charge >= 0.3 is 0 Å². The van der Waals surface area contributed by atoms with Gasteiger partial charge in [0, 0.05) is 5.39 Å². The fourth-order valence-electron chi connectivity index (χ4n) is 1.47. The Morgan fingerprint density at radius 1 is 1.40 bits per heavy atom. The van der Waals surface area contributed by atoms with Crippen LogP contribution in [0.5, 0.6) is 0 Å². The number of carbonyl (C=O) groups is 1. The molecular weight excluding hydrogens is 192 g/mol. The quantitative estimate of drug-likeness (QED) is 0.762. The van der Waals surface area contributed by atoms with Gasteiger partial charge in [-0.05, 0) is 32.0 Å². The molecule has 0 fully saturated rings. The Kier molecular flexibility index (Phi) is 2.12. The first kappa shape index (κ1) is 9.93. The summed E-state index contributed by atoms with van der Waals surface area (Å²) in [7, 11) is 0. The number of carbonyl (C=O) groups excluding carboxylic acids is 1. The molecule has 0 aliphatic rings. The first-order valence-corrected chi connectivity index (χ1v) is 4.72. The minimum Gasteiger partial charge on any atom is -0.458 e. The van der Waals surface area contributed by atoms with Crippen LogP contribution < -0.4 is 0 Å². The van der Waals surface area contributed by atoms with Crippen LogP contribution in [0.15, 0.2) is 28.7 Å². The van der Waals surface area contributed by atoms with Gasteiger partial charge in [0.05, 0.1) is 0 Å². The zero-order valence-electron chi connectivity index (χ0n) is 8.65. The zero-order chi connectivity index (χ0) is 11.1. The van der Waals surface area contributed by atoms with Crippen LogP contribution in [0.2, 0.25) is 0 Å². The van der Waals surface area contributed by atoms with E-state index in [-0.39, 0.29) is 5.76 Å².